The third kappa shape index (κ3) is 4.65. The maximum absolute atomic E-state index is 11.1. The summed E-state index contributed by atoms with van der Waals surface area (Å²) in [4.78, 5) is 25.6. The Morgan fingerprint density at radius 3 is 2.28 bits per heavy atom. The van der Waals surface area contributed by atoms with Crippen LogP contribution in [0.15, 0.2) is 0 Å². The zero-order valence-electron chi connectivity index (χ0n) is 8.69. The molecule has 6 N–H and O–H groups in total. The summed E-state index contributed by atoms with van der Waals surface area (Å²) in [6.45, 7) is -0.706. The standard InChI is InChI=1S/C5H12O11P2/c6-2-4-3(7)1-5(8,14-4)15-18(12,13)16-17(9,10)11/h3-4,6-8H,1-2H2,(H,12,13)(H2,9,10,11)/t3-,4+,5-/m0/s1. The van der Waals surface area contributed by atoms with Gasteiger partial charge in [0, 0.05) is 0 Å². The molecule has 108 valence electrons. The summed E-state index contributed by atoms with van der Waals surface area (Å²) in [7, 11) is -10.7. The molecule has 0 aromatic carbocycles. The molecule has 1 aliphatic heterocycles. The van der Waals surface area contributed by atoms with Crippen molar-refractivity contribution < 1.29 is 52.7 Å². The van der Waals surface area contributed by atoms with Crippen molar-refractivity contribution in [2.45, 2.75) is 24.6 Å². The molecule has 18 heavy (non-hydrogen) atoms. The summed E-state index contributed by atoms with van der Waals surface area (Å²) in [5, 5.41) is 27.5. The van der Waals surface area contributed by atoms with Gasteiger partial charge in [0.25, 0.3) is 5.97 Å². The summed E-state index contributed by atoms with van der Waals surface area (Å²) < 4.78 is 33.5. The molecule has 1 fully saturated rings. The van der Waals surface area contributed by atoms with E-state index in [0.717, 1.165) is 0 Å². The smallest absolute Gasteiger partial charge is 0.394 e. The molecule has 11 nitrogen and oxygen atoms in total. The molecule has 13 heteroatoms. The molecule has 1 rings (SSSR count). The van der Waals surface area contributed by atoms with Gasteiger partial charge in [-0.1, -0.05) is 0 Å². The Morgan fingerprint density at radius 1 is 1.33 bits per heavy atom. The Labute approximate surface area is 100 Å². The van der Waals surface area contributed by atoms with Crippen molar-refractivity contribution in [2.24, 2.45) is 0 Å². The molecular weight excluding hydrogens is 298 g/mol. The second kappa shape index (κ2) is 5.23. The molecule has 4 atom stereocenters. The van der Waals surface area contributed by atoms with E-state index in [0.29, 0.717) is 0 Å². The van der Waals surface area contributed by atoms with Crippen LogP contribution in [-0.2, 0) is 22.7 Å². The highest BCUT2D eigenvalue weighted by molar-refractivity contribution is 7.60. The van der Waals surface area contributed by atoms with Crippen LogP contribution >= 0.6 is 15.6 Å². The van der Waals surface area contributed by atoms with Gasteiger partial charge in [0.1, 0.15) is 6.10 Å². The number of aliphatic hydroxyl groups excluding tert-OH is 2. The third-order valence-corrected chi connectivity index (χ3v) is 4.07. The first-order valence-corrected chi connectivity index (χ1v) is 7.48. The van der Waals surface area contributed by atoms with Crippen LogP contribution in [0.25, 0.3) is 0 Å². The number of rotatable bonds is 5. The number of phosphoric ester groups is 1. The van der Waals surface area contributed by atoms with Crippen LogP contribution in [0.1, 0.15) is 6.42 Å². The molecule has 0 amide bonds. The second-order valence-corrected chi connectivity index (χ2v) is 6.21. The Balaban J connectivity index is 2.73. The van der Waals surface area contributed by atoms with Crippen LogP contribution < -0.4 is 0 Å². The summed E-state index contributed by atoms with van der Waals surface area (Å²) in [5.74, 6) is -2.80. The molecular formula is C5H12O11P2. The van der Waals surface area contributed by atoms with Gasteiger partial charge in [-0.05, 0) is 0 Å². The van der Waals surface area contributed by atoms with E-state index in [-0.39, 0.29) is 0 Å². The van der Waals surface area contributed by atoms with E-state index < -0.39 is 46.9 Å². The van der Waals surface area contributed by atoms with E-state index >= 15 is 0 Å². The van der Waals surface area contributed by atoms with E-state index in [2.05, 4.69) is 13.6 Å². The molecule has 1 saturated heterocycles. The van der Waals surface area contributed by atoms with Crippen LogP contribution in [-0.4, -0.2) is 54.8 Å². The van der Waals surface area contributed by atoms with Crippen molar-refractivity contribution in [3.63, 3.8) is 0 Å². The highest BCUT2D eigenvalue weighted by Gasteiger charge is 2.51. The zero-order chi connectivity index (χ0) is 14.2. The van der Waals surface area contributed by atoms with Crippen LogP contribution in [0.5, 0.6) is 0 Å². The lowest BCUT2D eigenvalue weighted by molar-refractivity contribution is -0.315. The van der Waals surface area contributed by atoms with Gasteiger partial charge in [-0.2, -0.15) is 4.31 Å². The maximum atomic E-state index is 11.1. The number of hydrogen-bond acceptors (Lipinski definition) is 8. The topological polar surface area (TPSA) is 183 Å². The van der Waals surface area contributed by atoms with Crippen LogP contribution in [0.3, 0.4) is 0 Å². The fraction of sp³-hybridized carbons (Fsp3) is 1.00. The number of hydrogen-bond donors (Lipinski definition) is 6. The predicted octanol–water partition coefficient (Wildman–Crippen LogP) is -2.00. The van der Waals surface area contributed by atoms with Crippen molar-refractivity contribution in [3.8, 4) is 0 Å². The van der Waals surface area contributed by atoms with Crippen LogP contribution in [0.2, 0.25) is 0 Å². The third-order valence-electron chi connectivity index (χ3n) is 1.88. The molecule has 0 aromatic heterocycles. The van der Waals surface area contributed by atoms with Crippen molar-refractivity contribution in [3.05, 3.63) is 0 Å². The van der Waals surface area contributed by atoms with Crippen molar-refractivity contribution >= 4 is 15.6 Å². The van der Waals surface area contributed by atoms with Crippen LogP contribution in [0, 0.1) is 0 Å². The van der Waals surface area contributed by atoms with E-state index in [1.807, 2.05) is 0 Å². The number of phosphoric acid groups is 2. The predicted molar refractivity (Wildman–Crippen MR) is 51.6 cm³/mol. The Morgan fingerprint density at radius 2 is 1.89 bits per heavy atom. The van der Waals surface area contributed by atoms with Gasteiger partial charge in [-0.25, -0.2) is 13.7 Å². The SMILES string of the molecule is O=P(O)(O)OP(=O)(O)O[C@]1(O)C[C@H](O)[C@@H](CO)O1. The van der Waals surface area contributed by atoms with Crippen molar-refractivity contribution in [1.82, 2.24) is 0 Å². The van der Waals surface area contributed by atoms with Crippen LogP contribution in [0.4, 0.5) is 0 Å². The van der Waals surface area contributed by atoms with E-state index in [9.17, 15) is 19.3 Å². The molecule has 1 unspecified atom stereocenters. The van der Waals surface area contributed by atoms with Crippen molar-refractivity contribution in [1.29, 1.82) is 0 Å². The Hall–Kier alpha value is 0.1000. The lowest BCUT2D eigenvalue weighted by Crippen LogP contribution is -2.32. The zero-order valence-corrected chi connectivity index (χ0v) is 10.5. The first-order valence-electron chi connectivity index (χ1n) is 4.46. The largest absolute Gasteiger partial charge is 0.485 e. The van der Waals surface area contributed by atoms with Gasteiger partial charge in [0.05, 0.1) is 19.1 Å². The van der Waals surface area contributed by atoms with E-state index in [4.69, 9.17) is 19.8 Å². The monoisotopic (exact) mass is 310 g/mol. The molecule has 0 radical (unpaired) electrons. The quantitative estimate of drug-likeness (QED) is 0.244. The van der Waals surface area contributed by atoms with E-state index in [1.54, 1.807) is 0 Å². The minimum Gasteiger partial charge on any atom is -0.394 e. The highest BCUT2D eigenvalue weighted by atomic mass is 31.3. The maximum Gasteiger partial charge on any atom is 0.485 e. The van der Waals surface area contributed by atoms with Gasteiger partial charge < -0.3 is 34.7 Å². The summed E-state index contributed by atoms with van der Waals surface area (Å²) in [6.07, 6.45) is -3.38. The fourth-order valence-corrected chi connectivity index (χ4v) is 2.99. The summed E-state index contributed by atoms with van der Waals surface area (Å²) in [6, 6.07) is 0. The average Bonchev–Trinajstić information content (AvgIpc) is 2.34. The van der Waals surface area contributed by atoms with Gasteiger partial charge in [-0.15, -0.1) is 0 Å². The molecule has 0 aliphatic carbocycles. The Kier molecular flexibility index (Phi) is 4.70. The minimum absolute atomic E-state index is 0.706. The first kappa shape index (κ1) is 16.2. The molecule has 1 heterocycles. The van der Waals surface area contributed by atoms with Gasteiger partial charge in [-0.3, -0.25) is 0 Å². The average molecular weight is 310 g/mol. The van der Waals surface area contributed by atoms with Gasteiger partial charge >= 0.3 is 15.6 Å². The molecule has 0 aromatic rings. The number of aliphatic hydroxyl groups is 3. The molecule has 0 bridgehead atoms. The fourth-order valence-electron chi connectivity index (χ4n) is 1.31. The van der Waals surface area contributed by atoms with Gasteiger partial charge in [0.2, 0.25) is 0 Å². The van der Waals surface area contributed by atoms with E-state index in [1.165, 1.54) is 0 Å². The second-order valence-electron chi connectivity index (χ2n) is 3.46. The molecule has 0 spiro atoms. The molecule has 0 saturated carbocycles. The number of ether oxygens (including phenoxy) is 1. The first-order chi connectivity index (χ1) is 7.96. The lowest BCUT2D eigenvalue weighted by Gasteiger charge is -2.24. The summed E-state index contributed by atoms with van der Waals surface area (Å²) >= 11 is 0. The minimum atomic E-state index is -5.33. The van der Waals surface area contributed by atoms with Crippen molar-refractivity contribution in [2.75, 3.05) is 6.61 Å². The lowest BCUT2D eigenvalue weighted by atomic mass is 10.2. The summed E-state index contributed by atoms with van der Waals surface area (Å²) in [5.41, 5.74) is 0. The Bertz CT molecular complexity index is 391. The highest BCUT2D eigenvalue weighted by Crippen LogP contribution is 2.60. The van der Waals surface area contributed by atoms with Gasteiger partial charge in [0.15, 0.2) is 0 Å². The normalized spacial score (nSPS) is 36.6. The molecule has 1 aliphatic rings.